The highest BCUT2D eigenvalue weighted by atomic mass is 16.3. The van der Waals surface area contributed by atoms with Crippen molar-refractivity contribution >= 4 is 0 Å². The third-order valence-electron chi connectivity index (χ3n) is 2.57. The Labute approximate surface area is 73.3 Å². The van der Waals surface area contributed by atoms with Crippen LogP contribution >= 0.6 is 0 Å². The van der Waals surface area contributed by atoms with Crippen LogP contribution in [-0.2, 0) is 0 Å². The third-order valence-corrected chi connectivity index (χ3v) is 2.57. The predicted molar refractivity (Wildman–Crippen MR) is 47.9 cm³/mol. The van der Waals surface area contributed by atoms with E-state index in [1.54, 1.807) is 0 Å². The second kappa shape index (κ2) is 3.56. The third kappa shape index (κ3) is 1.86. The van der Waals surface area contributed by atoms with Crippen LogP contribution in [0.1, 0.15) is 13.3 Å². The molecule has 70 valence electrons. The number of aliphatic hydroxyl groups excluding tert-OH is 1. The van der Waals surface area contributed by atoms with Crippen molar-refractivity contribution in [3.05, 3.63) is 12.7 Å². The summed E-state index contributed by atoms with van der Waals surface area (Å²) in [5.41, 5.74) is -0.878. The van der Waals surface area contributed by atoms with Crippen LogP contribution < -0.4 is 0 Å². The molecule has 3 nitrogen and oxygen atoms in total. The largest absolute Gasteiger partial charge is 0.393 e. The van der Waals surface area contributed by atoms with E-state index in [0.717, 1.165) is 6.54 Å². The molecule has 0 aliphatic carbocycles. The lowest BCUT2D eigenvalue weighted by atomic mass is 10.1. The average Bonchev–Trinajstić information content (AvgIpc) is 2.48. The van der Waals surface area contributed by atoms with Crippen molar-refractivity contribution in [3.63, 3.8) is 0 Å². The Morgan fingerprint density at radius 1 is 1.75 bits per heavy atom. The molecule has 0 amide bonds. The molecular weight excluding hydrogens is 154 g/mol. The SMILES string of the molecule is C=CC(C)N1CCC(O)(CO)C1. The van der Waals surface area contributed by atoms with Crippen LogP contribution in [0.2, 0.25) is 0 Å². The molecule has 2 unspecified atom stereocenters. The zero-order valence-corrected chi connectivity index (χ0v) is 7.53. The molecule has 0 aromatic carbocycles. The van der Waals surface area contributed by atoms with Gasteiger partial charge < -0.3 is 10.2 Å². The van der Waals surface area contributed by atoms with E-state index in [4.69, 9.17) is 5.11 Å². The summed E-state index contributed by atoms with van der Waals surface area (Å²) in [5.74, 6) is 0. The molecule has 0 aromatic rings. The summed E-state index contributed by atoms with van der Waals surface area (Å²) in [6, 6.07) is 0.283. The van der Waals surface area contributed by atoms with Gasteiger partial charge in [-0.1, -0.05) is 6.08 Å². The minimum atomic E-state index is -0.878. The van der Waals surface area contributed by atoms with Crippen LogP contribution in [0.3, 0.4) is 0 Å². The molecule has 1 fully saturated rings. The fourth-order valence-electron chi connectivity index (χ4n) is 1.51. The van der Waals surface area contributed by atoms with Crippen LogP contribution in [0, 0.1) is 0 Å². The highest BCUT2D eigenvalue weighted by Crippen LogP contribution is 2.22. The molecule has 2 atom stereocenters. The highest BCUT2D eigenvalue weighted by Gasteiger charge is 2.36. The molecule has 0 saturated carbocycles. The predicted octanol–water partition coefficient (Wildman–Crippen LogP) is -0.01000. The number of β-amino-alcohol motifs (C(OH)–C–C–N with tert-alkyl or cyclic N) is 1. The number of hydrogen-bond donors (Lipinski definition) is 2. The second-order valence-electron chi connectivity index (χ2n) is 3.58. The Morgan fingerprint density at radius 2 is 2.42 bits per heavy atom. The summed E-state index contributed by atoms with van der Waals surface area (Å²) >= 11 is 0. The highest BCUT2D eigenvalue weighted by molar-refractivity contribution is 4.95. The van der Waals surface area contributed by atoms with Gasteiger partial charge in [-0.3, -0.25) is 4.90 Å². The number of nitrogens with zero attached hydrogens (tertiary/aromatic N) is 1. The molecule has 0 spiro atoms. The van der Waals surface area contributed by atoms with Gasteiger partial charge in [-0.2, -0.15) is 0 Å². The van der Waals surface area contributed by atoms with Crippen molar-refractivity contribution in [2.45, 2.75) is 25.0 Å². The van der Waals surface area contributed by atoms with E-state index in [0.29, 0.717) is 13.0 Å². The summed E-state index contributed by atoms with van der Waals surface area (Å²) in [7, 11) is 0. The fourth-order valence-corrected chi connectivity index (χ4v) is 1.51. The molecule has 1 saturated heterocycles. The van der Waals surface area contributed by atoms with Gasteiger partial charge in [-0.05, 0) is 13.3 Å². The second-order valence-corrected chi connectivity index (χ2v) is 3.58. The minimum Gasteiger partial charge on any atom is -0.393 e. The van der Waals surface area contributed by atoms with Crippen molar-refractivity contribution in [3.8, 4) is 0 Å². The average molecular weight is 171 g/mol. The molecule has 0 aromatic heterocycles. The first-order valence-electron chi connectivity index (χ1n) is 4.31. The molecule has 1 aliphatic heterocycles. The van der Waals surface area contributed by atoms with Gasteiger partial charge in [-0.25, -0.2) is 0 Å². The van der Waals surface area contributed by atoms with Crippen molar-refractivity contribution in [1.29, 1.82) is 0 Å². The van der Waals surface area contributed by atoms with Gasteiger partial charge in [0.2, 0.25) is 0 Å². The van der Waals surface area contributed by atoms with Gasteiger partial charge in [0.05, 0.1) is 6.61 Å². The lowest BCUT2D eigenvalue weighted by molar-refractivity contribution is -0.00660. The van der Waals surface area contributed by atoms with Crippen molar-refractivity contribution in [1.82, 2.24) is 4.90 Å². The number of aliphatic hydroxyl groups is 2. The van der Waals surface area contributed by atoms with E-state index in [-0.39, 0.29) is 12.6 Å². The first kappa shape index (κ1) is 9.71. The summed E-state index contributed by atoms with van der Waals surface area (Å²) in [4.78, 5) is 2.11. The number of rotatable bonds is 3. The maximum Gasteiger partial charge on any atom is 0.102 e. The molecule has 1 rings (SSSR count). The normalized spacial score (nSPS) is 33.6. The van der Waals surface area contributed by atoms with Crippen LogP contribution in [0.25, 0.3) is 0 Å². The molecule has 2 N–H and O–H groups in total. The summed E-state index contributed by atoms with van der Waals surface area (Å²) < 4.78 is 0. The van der Waals surface area contributed by atoms with Crippen LogP contribution in [-0.4, -0.2) is 46.5 Å². The molecule has 1 aliphatic rings. The number of hydrogen-bond acceptors (Lipinski definition) is 3. The van der Waals surface area contributed by atoms with E-state index in [1.165, 1.54) is 0 Å². The van der Waals surface area contributed by atoms with Gasteiger partial charge in [-0.15, -0.1) is 6.58 Å². The quantitative estimate of drug-likeness (QED) is 0.587. The Kier molecular flexibility index (Phi) is 2.88. The van der Waals surface area contributed by atoms with Crippen molar-refractivity contribution < 1.29 is 10.2 Å². The van der Waals surface area contributed by atoms with Crippen molar-refractivity contribution in [2.24, 2.45) is 0 Å². The Hall–Kier alpha value is -0.380. The van der Waals surface area contributed by atoms with E-state index in [1.807, 2.05) is 13.0 Å². The molecule has 0 bridgehead atoms. The first-order chi connectivity index (χ1) is 5.61. The smallest absolute Gasteiger partial charge is 0.102 e. The molecule has 12 heavy (non-hydrogen) atoms. The summed E-state index contributed by atoms with van der Waals surface area (Å²) in [6.07, 6.45) is 2.50. The monoisotopic (exact) mass is 171 g/mol. The maximum absolute atomic E-state index is 9.69. The standard InChI is InChI=1S/C9H17NO2/c1-3-8(2)10-5-4-9(12,6-10)7-11/h3,8,11-12H,1,4-7H2,2H3. The Balaban J connectivity index is 2.50. The van der Waals surface area contributed by atoms with Gasteiger partial charge in [0.15, 0.2) is 0 Å². The van der Waals surface area contributed by atoms with Crippen molar-refractivity contribution in [2.75, 3.05) is 19.7 Å². The molecule has 1 heterocycles. The first-order valence-corrected chi connectivity index (χ1v) is 4.31. The maximum atomic E-state index is 9.69. The van der Waals surface area contributed by atoms with E-state index >= 15 is 0 Å². The minimum absolute atomic E-state index is 0.145. The van der Waals surface area contributed by atoms with E-state index < -0.39 is 5.60 Å². The molecule has 0 radical (unpaired) electrons. The van der Waals surface area contributed by atoms with E-state index in [2.05, 4.69) is 11.5 Å². The Bertz CT molecular complexity index is 172. The Morgan fingerprint density at radius 3 is 2.83 bits per heavy atom. The lowest BCUT2D eigenvalue weighted by Gasteiger charge is -2.23. The molecule has 3 heteroatoms. The van der Waals surface area contributed by atoms with E-state index in [9.17, 15) is 5.11 Å². The van der Waals surface area contributed by atoms with Gasteiger partial charge >= 0.3 is 0 Å². The zero-order chi connectivity index (χ0) is 9.19. The van der Waals surface area contributed by atoms with Crippen LogP contribution in [0.5, 0.6) is 0 Å². The molecular formula is C9H17NO2. The lowest BCUT2D eigenvalue weighted by Crippen LogP contribution is -2.39. The van der Waals surface area contributed by atoms with Crippen LogP contribution in [0.15, 0.2) is 12.7 Å². The number of likely N-dealkylation sites (tertiary alicyclic amines) is 1. The van der Waals surface area contributed by atoms with Gasteiger partial charge in [0.25, 0.3) is 0 Å². The van der Waals surface area contributed by atoms with Crippen LogP contribution in [0.4, 0.5) is 0 Å². The topological polar surface area (TPSA) is 43.7 Å². The summed E-state index contributed by atoms with van der Waals surface area (Å²) in [6.45, 7) is 6.98. The summed E-state index contributed by atoms with van der Waals surface area (Å²) in [5, 5.41) is 18.6. The zero-order valence-electron chi connectivity index (χ0n) is 7.53. The fraction of sp³-hybridized carbons (Fsp3) is 0.778. The van der Waals surface area contributed by atoms with Gasteiger partial charge in [0.1, 0.15) is 5.60 Å². The van der Waals surface area contributed by atoms with Gasteiger partial charge in [0, 0.05) is 19.1 Å².